The predicted molar refractivity (Wildman–Crippen MR) is 79.8 cm³/mol. The fourth-order valence-corrected chi connectivity index (χ4v) is 2.58. The van der Waals surface area contributed by atoms with Gasteiger partial charge in [0.25, 0.3) is 0 Å². The second-order valence-corrected chi connectivity index (χ2v) is 5.09. The molecule has 1 aliphatic rings. The second-order valence-electron chi connectivity index (χ2n) is 5.09. The molecule has 0 atom stereocenters. The van der Waals surface area contributed by atoms with Crippen LogP contribution in [0, 0.1) is 0 Å². The summed E-state index contributed by atoms with van der Waals surface area (Å²) in [6.07, 6.45) is 1.98. The number of benzene rings is 1. The summed E-state index contributed by atoms with van der Waals surface area (Å²) in [5.41, 5.74) is 9.04. The van der Waals surface area contributed by atoms with E-state index in [1.54, 1.807) is 4.68 Å². The molecule has 0 fully saturated rings. The molecule has 0 radical (unpaired) electrons. The third-order valence-corrected chi connectivity index (χ3v) is 3.64. The zero-order valence-electron chi connectivity index (χ0n) is 11.7. The van der Waals surface area contributed by atoms with Crippen molar-refractivity contribution in [3.8, 4) is 0 Å². The average molecular weight is 272 g/mol. The van der Waals surface area contributed by atoms with Crippen LogP contribution in [0.25, 0.3) is 0 Å². The Labute approximate surface area is 118 Å². The van der Waals surface area contributed by atoms with Crippen LogP contribution in [-0.4, -0.2) is 41.7 Å². The van der Waals surface area contributed by atoms with E-state index in [1.165, 1.54) is 11.4 Å². The Morgan fingerprint density at radius 1 is 1.20 bits per heavy atom. The number of fused-ring (bicyclic) bond motifs is 1. The number of nitrogens with zero attached hydrogens (tertiary/aromatic N) is 5. The smallest absolute Gasteiger partial charge is 0.102 e. The van der Waals surface area contributed by atoms with Crippen LogP contribution in [0.3, 0.4) is 0 Å². The van der Waals surface area contributed by atoms with Crippen molar-refractivity contribution in [3.05, 3.63) is 36.2 Å². The summed E-state index contributed by atoms with van der Waals surface area (Å²) in [6.45, 7) is 4.10. The van der Waals surface area contributed by atoms with Gasteiger partial charge in [0.1, 0.15) is 5.69 Å². The Bertz CT molecular complexity index is 579. The summed E-state index contributed by atoms with van der Waals surface area (Å²) in [5, 5.41) is 8.31. The number of nitrogens with two attached hydrogens (primary N) is 1. The summed E-state index contributed by atoms with van der Waals surface area (Å²) in [7, 11) is 2.13. The fraction of sp³-hybridized carbons (Fsp3) is 0.429. The molecular weight excluding hydrogens is 252 g/mol. The van der Waals surface area contributed by atoms with Crippen molar-refractivity contribution < 1.29 is 0 Å². The van der Waals surface area contributed by atoms with Gasteiger partial charge in [-0.2, -0.15) is 0 Å². The van der Waals surface area contributed by atoms with E-state index in [4.69, 9.17) is 5.73 Å². The zero-order valence-corrected chi connectivity index (χ0v) is 11.7. The first kappa shape index (κ1) is 12.9. The van der Waals surface area contributed by atoms with E-state index in [0.717, 1.165) is 25.3 Å². The van der Waals surface area contributed by atoms with Gasteiger partial charge >= 0.3 is 0 Å². The summed E-state index contributed by atoms with van der Waals surface area (Å²) in [5.74, 6) is 0. The van der Waals surface area contributed by atoms with Crippen LogP contribution in [-0.2, 0) is 13.1 Å². The topological polar surface area (TPSA) is 63.2 Å². The Hall–Kier alpha value is -2.08. The summed E-state index contributed by atoms with van der Waals surface area (Å²) < 4.78 is 1.80. The van der Waals surface area contributed by atoms with Crippen molar-refractivity contribution in [1.82, 2.24) is 15.0 Å². The van der Waals surface area contributed by atoms with Crippen molar-refractivity contribution in [1.29, 1.82) is 0 Å². The Kier molecular flexibility index (Phi) is 3.56. The van der Waals surface area contributed by atoms with Crippen LogP contribution in [0.2, 0.25) is 0 Å². The lowest BCUT2D eigenvalue weighted by Gasteiger charge is -2.36. The molecule has 0 spiro atoms. The standard InChI is InChI=1S/C14H20N6/c1-18-8-9-19(14-5-3-2-4-13(14)18)10-12-11-20(7-6-15)17-16-12/h2-5,11H,6-10,15H2,1H3. The van der Waals surface area contributed by atoms with E-state index >= 15 is 0 Å². The van der Waals surface area contributed by atoms with Gasteiger partial charge in [-0.25, -0.2) is 0 Å². The molecule has 6 heteroatoms. The molecule has 1 aromatic heterocycles. The van der Waals surface area contributed by atoms with Crippen LogP contribution in [0.15, 0.2) is 30.5 Å². The van der Waals surface area contributed by atoms with Crippen molar-refractivity contribution in [3.63, 3.8) is 0 Å². The van der Waals surface area contributed by atoms with E-state index in [9.17, 15) is 0 Å². The fourth-order valence-electron chi connectivity index (χ4n) is 2.58. The molecule has 1 aromatic carbocycles. The van der Waals surface area contributed by atoms with Gasteiger partial charge in [0.05, 0.1) is 30.7 Å². The van der Waals surface area contributed by atoms with Crippen molar-refractivity contribution in [2.75, 3.05) is 36.5 Å². The van der Waals surface area contributed by atoms with E-state index < -0.39 is 0 Å². The number of aromatic nitrogens is 3. The van der Waals surface area contributed by atoms with Gasteiger partial charge in [0, 0.05) is 26.7 Å². The largest absolute Gasteiger partial charge is 0.371 e. The highest BCUT2D eigenvalue weighted by Gasteiger charge is 2.20. The third kappa shape index (κ3) is 2.46. The number of hydrogen-bond acceptors (Lipinski definition) is 5. The van der Waals surface area contributed by atoms with Gasteiger partial charge in [-0.3, -0.25) is 4.68 Å². The minimum atomic E-state index is 0.583. The molecule has 0 unspecified atom stereocenters. The molecule has 0 saturated heterocycles. The minimum Gasteiger partial charge on any atom is -0.371 e. The lowest BCUT2D eigenvalue weighted by Crippen LogP contribution is -2.38. The van der Waals surface area contributed by atoms with Gasteiger partial charge in [0.15, 0.2) is 0 Å². The third-order valence-electron chi connectivity index (χ3n) is 3.64. The van der Waals surface area contributed by atoms with Crippen LogP contribution >= 0.6 is 0 Å². The highest BCUT2D eigenvalue weighted by atomic mass is 15.4. The lowest BCUT2D eigenvalue weighted by molar-refractivity contribution is 0.598. The first-order valence-electron chi connectivity index (χ1n) is 6.92. The lowest BCUT2D eigenvalue weighted by atomic mass is 10.1. The molecule has 1 aliphatic heterocycles. The number of para-hydroxylation sites is 2. The average Bonchev–Trinajstić information content (AvgIpc) is 2.90. The van der Waals surface area contributed by atoms with Gasteiger partial charge in [-0.1, -0.05) is 17.3 Å². The van der Waals surface area contributed by atoms with Crippen LogP contribution in [0.5, 0.6) is 0 Å². The Morgan fingerprint density at radius 2 is 2.00 bits per heavy atom. The predicted octanol–water partition coefficient (Wildman–Crippen LogP) is 0.693. The highest BCUT2D eigenvalue weighted by molar-refractivity contribution is 5.72. The molecule has 106 valence electrons. The van der Waals surface area contributed by atoms with Crippen LogP contribution in [0.1, 0.15) is 5.69 Å². The van der Waals surface area contributed by atoms with Crippen LogP contribution < -0.4 is 15.5 Å². The molecule has 2 aromatic rings. The van der Waals surface area contributed by atoms with Crippen molar-refractivity contribution >= 4 is 11.4 Å². The summed E-state index contributed by atoms with van der Waals surface area (Å²) >= 11 is 0. The van der Waals surface area contributed by atoms with Crippen LogP contribution in [0.4, 0.5) is 11.4 Å². The quantitative estimate of drug-likeness (QED) is 0.887. The first-order valence-corrected chi connectivity index (χ1v) is 6.92. The first-order chi connectivity index (χ1) is 9.78. The highest BCUT2D eigenvalue weighted by Crippen LogP contribution is 2.32. The molecule has 3 rings (SSSR count). The Morgan fingerprint density at radius 3 is 2.80 bits per heavy atom. The molecule has 2 N–H and O–H groups in total. The zero-order chi connectivity index (χ0) is 13.9. The molecule has 0 bridgehead atoms. The maximum Gasteiger partial charge on any atom is 0.102 e. The maximum absolute atomic E-state index is 5.53. The molecular formula is C14H20N6. The number of rotatable bonds is 4. The second kappa shape index (κ2) is 5.50. The van der Waals surface area contributed by atoms with Crippen molar-refractivity contribution in [2.45, 2.75) is 13.1 Å². The van der Waals surface area contributed by atoms with E-state index in [1.807, 2.05) is 6.20 Å². The molecule has 20 heavy (non-hydrogen) atoms. The number of likely N-dealkylation sites (N-methyl/N-ethyl adjacent to an activating group) is 1. The minimum absolute atomic E-state index is 0.583. The summed E-state index contributed by atoms with van der Waals surface area (Å²) in [4.78, 5) is 4.64. The number of hydrogen-bond donors (Lipinski definition) is 1. The molecule has 2 heterocycles. The monoisotopic (exact) mass is 272 g/mol. The van der Waals surface area contributed by atoms with E-state index in [2.05, 4.69) is 51.4 Å². The van der Waals surface area contributed by atoms with E-state index in [-0.39, 0.29) is 0 Å². The number of anilines is 2. The van der Waals surface area contributed by atoms with Gasteiger partial charge in [-0.15, -0.1) is 5.10 Å². The molecule has 6 nitrogen and oxygen atoms in total. The van der Waals surface area contributed by atoms with E-state index in [0.29, 0.717) is 13.1 Å². The van der Waals surface area contributed by atoms with Gasteiger partial charge in [-0.05, 0) is 12.1 Å². The Balaban J connectivity index is 1.79. The molecule has 0 amide bonds. The van der Waals surface area contributed by atoms with Gasteiger partial charge < -0.3 is 15.5 Å². The summed E-state index contributed by atoms with van der Waals surface area (Å²) in [6, 6.07) is 8.48. The normalized spacial score (nSPS) is 14.5. The van der Waals surface area contributed by atoms with Gasteiger partial charge in [0.2, 0.25) is 0 Å². The SMILES string of the molecule is CN1CCN(Cc2cn(CCN)nn2)c2ccccc21. The molecule has 0 aliphatic carbocycles. The van der Waals surface area contributed by atoms with Crippen molar-refractivity contribution in [2.24, 2.45) is 5.73 Å². The molecule has 0 saturated carbocycles. The maximum atomic E-state index is 5.53.